The molecule has 0 rings (SSSR count). The van der Waals surface area contributed by atoms with Crippen LogP contribution in [0.2, 0.25) is 0 Å². The molecule has 28 heavy (non-hydrogen) atoms. The molecule has 8 N–H and O–H groups in total. The highest BCUT2D eigenvalue weighted by Crippen LogP contribution is 2.09. The highest BCUT2D eigenvalue weighted by molar-refractivity contribution is 5.92. The molecule has 12 heteroatoms. The lowest BCUT2D eigenvalue weighted by atomic mass is 9.97. The van der Waals surface area contributed by atoms with Crippen molar-refractivity contribution in [1.82, 2.24) is 16.0 Å². The van der Waals surface area contributed by atoms with Crippen LogP contribution in [0, 0.1) is 5.92 Å². The summed E-state index contributed by atoms with van der Waals surface area (Å²) in [7, 11) is 0. The highest BCUT2D eigenvalue weighted by atomic mass is 16.4. The molecule has 0 aliphatic rings. The Morgan fingerprint density at radius 2 is 1.64 bits per heavy atom. The summed E-state index contributed by atoms with van der Waals surface area (Å²) in [6.07, 6.45) is -0.283. The summed E-state index contributed by atoms with van der Waals surface area (Å²) in [5, 5.41) is 33.4. The molecule has 160 valence electrons. The number of aliphatic carboxylic acids is 2. The van der Waals surface area contributed by atoms with Gasteiger partial charge in [0, 0.05) is 6.42 Å². The molecule has 4 unspecified atom stereocenters. The van der Waals surface area contributed by atoms with E-state index in [1.54, 1.807) is 13.8 Å². The molecule has 0 aromatic rings. The van der Waals surface area contributed by atoms with E-state index in [2.05, 4.69) is 16.0 Å². The fourth-order valence-corrected chi connectivity index (χ4v) is 2.09. The van der Waals surface area contributed by atoms with Crippen molar-refractivity contribution in [3.05, 3.63) is 0 Å². The van der Waals surface area contributed by atoms with Gasteiger partial charge in [0.1, 0.15) is 18.1 Å². The van der Waals surface area contributed by atoms with E-state index in [-0.39, 0.29) is 12.3 Å². The first kappa shape index (κ1) is 25.3. The van der Waals surface area contributed by atoms with Gasteiger partial charge in [-0.25, -0.2) is 4.79 Å². The Morgan fingerprint density at radius 3 is 2.11 bits per heavy atom. The van der Waals surface area contributed by atoms with Crippen LogP contribution in [0.5, 0.6) is 0 Å². The molecule has 0 aliphatic carbocycles. The number of aliphatic hydroxyl groups excluding tert-OH is 1. The van der Waals surface area contributed by atoms with Gasteiger partial charge in [0.25, 0.3) is 0 Å². The lowest BCUT2D eigenvalue weighted by Crippen LogP contribution is -2.56. The third-order valence-electron chi connectivity index (χ3n) is 4.03. The molecule has 0 heterocycles. The maximum absolute atomic E-state index is 12.5. The average molecular weight is 404 g/mol. The van der Waals surface area contributed by atoms with Crippen LogP contribution in [-0.2, 0) is 24.0 Å². The Balaban J connectivity index is 4.97. The third-order valence-corrected chi connectivity index (χ3v) is 4.03. The van der Waals surface area contributed by atoms with Crippen LogP contribution < -0.4 is 21.7 Å². The van der Waals surface area contributed by atoms with E-state index in [0.29, 0.717) is 6.42 Å². The number of carboxylic acid groups (broad SMARTS) is 2. The van der Waals surface area contributed by atoms with Gasteiger partial charge >= 0.3 is 11.9 Å². The Hall–Kier alpha value is -2.73. The third kappa shape index (κ3) is 9.28. The first-order valence-corrected chi connectivity index (χ1v) is 8.71. The molecule has 0 radical (unpaired) electrons. The molecule has 0 spiro atoms. The predicted molar refractivity (Wildman–Crippen MR) is 95.9 cm³/mol. The summed E-state index contributed by atoms with van der Waals surface area (Å²) in [6.45, 7) is 2.34. The molecule has 12 nitrogen and oxygen atoms in total. The molecule has 0 fully saturated rings. The van der Waals surface area contributed by atoms with Gasteiger partial charge in [0.15, 0.2) is 0 Å². The molecule has 0 saturated carbocycles. The molecule has 0 aromatic heterocycles. The zero-order valence-corrected chi connectivity index (χ0v) is 15.8. The van der Waals surface area contributed by atoms with Crippen molar-refractivity contribution in [2.24, 2.45) is 11.7 Å². The number of amides is 3. The van der Waals surface area contributed by atoms with Crippen LogP contribution in [0.15, 0.2) is 0 Å². The van der Waals surface area contributed by atoms with E-state index >= 15 is 0 Å². The normalized spacial score (nSPS) is 14.9. The number of carbonyl (C=O) groups excluding carboxylic acids is 3. The van der Waals surface area contributed by atoms with Crippen LogP contribution in [0.4, 0.5) is 0 Å². The van der Waals surface area contributed by atoms with Gasteiger partial charge in [-0.05, 0) is 12.3 Å². The summed E-state index contributed by atoms with van der Waals surface area (Å²) >= 11 is 0. The number of nitrogens with two attached hydrogens (primary N) is 1. The van der Waals surface area contributed by atoms with Crippen LogP contribution >= 0.6 is 0 Å². The minimum Gasteiger partial charge on any atom is -0.481 e. The predicted octanol–water partition coefficient (Wildman–Crippen LogP) is -2.61. The molecule has 0 saturated heterocycles. The quantitative estimate of drug-likeness (QED) is 0.171. The Labute approximate surface area is 161 Å². The second kappa shape index (κ2) is 12.6. The van der Waals surface area contributed by atoms with Crippen LogP contribution in [0.25, 0.3) is 0 Å². The van der Waals surface area contributed by atoms with E-state index in [1.165, 1.54) is 0 Å². The lowest BCUT2D eigenvalue weighted by Gasteiger charge is -2.25. The fraction of sp³-hybridized carbons (Fsp3) is 0.688. The first-order valence-electron chi connectivity index (χ1n) is 8.71. The highest BCUT2D eigenvalue weighted by Gasteiger charge is 2.30. The number of hydrogen-bond donors (Lipinski definition) is 7. The van der Waals surface area contributed by atoms with Gasteiger partial charge < -0.3 is 37.0 Å². The van der Waals surface area contributed by atoms with Crippen molar-refractivity contribution >= 4 is 29.7 Å². The van der Waals surface area contributed by atoms with E-state index in [9.17, 15) is 24.0 Å². The molecule has 0 aliphatic heterocycles. The van der Waals surface area contributed by atoms with Crippen molar-refractivity contribution in [1.29, 1.82) is 0 Å². The van der Waals surface area contributed by atoms with E-state index < -0.39 is 67.4 Å². The largest absolute Gasteiger partial charge is 0.481 e. The number of hydrogen-bond acceptors (Lipinski definition) is 7. The maximum atomic E-state index is 12.5. The molecule has 3 amide bonds. The molecule has 0 bridgehead atoms. The van der Waals surface area contributed by atoms with Gasteiger partial charge in [-0.1, -0.05) is 20.3 Å². The van der Waals surface area contributed by atoms with Gasteiger partial charge in [-0.2, -0.15) is 0 Å². The van der Waals surface area contributed by atoms with E-state index in [0.717, 1.165) is 0 Å². The van der Waals surface area contributed by atoms with Crippen molar-refractivity contribution in [3.63, 3.8) is 0 Å². The number of carboxylic acids is 2. The average Bonchev–Trinajstić information content (AvgIpc) is 2.65. The minimum atomic E-state index is -1.42. The van der Waals surface area contributed by atoms with E-state index in [4.69, 9.17) is 21.1 Å². The number of carbonyl (C=O) groups is 5. The molecular weight excluding hydrogens is 376 g/mol. The van der Waals surface area contributed by atoms with Crippen molar-refractivity contribution < 1.29 is 39.3 Å². The monoisotopic (exact) mass is 404 g/mol. The van der Waals surface area contributed by atoms with Gasteiger partial charge in [0.05, 0.1) is 13.2 Å². The van der Waals surface area contributed by atoms with E-state index in [1.807, 2.05) is 0 Å². The van der Waals surface area contributed by atoms with Gasteiger partial charge in [-0.3, -0.25) is 19.2 Å². The summed E-state index contributed by atoms with van der Waals surface area (Å²) in [6, 6.07) is -3.70. The number of aliphatic hydroxyl groups is 1. The zero-order chi connectivity index (χ0) is 21.9. The van der Waals surface area contributed by atoms with Crippen molar-refractivity contribution in [2.45, 2.75) is 51.2 Å². The minimum absolute atomic E-state index is 0.313. The number of nitrogens with one attached hydrogen (secondary N) is 3. The second-order valence-electron chi connectivity index (χ2n) is 6.27. The zero-order valence-electron chi connectivity index (χ0n) is 15.8. The SMILES string of the molecule is CCC(C)C(NC(=O)CNC(=O)C(N)CO)C(=O)NC(CCC(=O)O)C(=O)O. The second-order valence-corrected chi connectivity index (χ2v) is 6.27. The summed E-state index contributed by atoms with van der Waals surface area (Å²) in [5.74, 6) is -5.21. The fourth-order valence-electron chi connectivity index (χ4n) is 2.09. The van der Waals surface area contributed by atoms with Crippen LogP contribution in [0.1, 0.15) is 33.1 Å². The molecule has 0 aromatic carbocycles. The summed E-state index contributed by atoms with van der Waals surface area (Å²) in [4.78, 5) is 57.8. The van der Waals surface area contributed by atoms with Crippen molar-refractivity contribution in [3.8, 4) is 0 Å². The Bertz CT molecular complexity index is 583. The van der Waals surface area contributed by atoms with Crippen LogP contribution in [-0.4, -0.2) is 76.3 Å². The number of rotatable bonds is 13. The summed E-state index contributed by atoms with van der Waals surface area (Å²) < 4.78 is 0. The van der Waals surface area contributed by atoms with Gasteiger partial charge in [-0.15, -0.1) is 0 Å². The van der Waals surface area contributed by atoms with Crippen molar-refractivity contribution in [2.75, 3.05) is 13.2 Å². The maximum Gasteiger partial charge on any atom is 0.326 e. The van der Waals surface area contributed by atoms with Gasteiger partial charge in [0.2, 0.25) is 17.7 Å². The Kier molecular flexibility index (Phi) is 11.4. The summed E-state index contributed by atoms with van der Waals surface area (Å²) in [5.41, 5.74) is 5.30. The Morgan fingerprint density at radius 1 is 1.04 bits per heavy atom. The smallest absolute Gasteiger partial charge is 0.326 e. The standard InChI is InChI=1S/C16H28N4O8/c1-3-8(2)13(20-11(22)6-18-14(25)9(17)7-21)15(26)19-10(16(27)28)4-5-12(23)24/h8-10,13,21H,3-7,17H2,1-2H3,(H,18,25)(H,19,26)(H,20,22)(H,23,24)(H,27,28). The van der Waals surface area contributed by atoms with Crippen LogP contribution in [0.3, 0.4) is 0 Å². The molecule has 4 atom stereocenters. The molecular formula is C16H28N4O8. The topological polar surface area (TPSA) is 208 Å². The lowest BCUT2D eigenvalue weighted by molar-refractivity contribution is -0.143. The first-order chi connectivity index (χ1) is 13.0.